The maximum atomic E-state index is 16.0. The van der Waals surface area contributed by atoms with Crippen molar-refractivity contribution < 1.29 is 13.9 Å². The maximum absolute atomic E-state index is 16.0. The second-order valence-electron chi connectivity index (χ2n) is 10.7. The lowest BCUT2D eigenvalue weighted by molar-refractivity contribution is -0.128. The number of aromatic nitrogens is 7. The third kappa shape index (κ3) is 4.86. The number of hydrogen-bond donors (Lipinski definition) is 0. The number of halogens is 1. The molecule has 0 radical (unpaired) electrons. The molecule has 2 aliphatic heterocycles. The monoisotopic (exact) mass is 584 g/mol. The number of ether oxygens (including phenoxy) is 1. The molecule has 13 nitrogen and oxygen atoms in total. The molecule has 0 aromatic carbocycles. The van der Waals surface area contributed by atoms with E-state index in [4.69, 9.17) is 9.72 Å². The number of carbonyl (C=O) groups is 1. The van der Waals surface area contributed by atoms with Gasteiger partial charge in [-0.05, 0) is 18.1 Å². The predicted octanol–water partition coefficient (Wildman–Crippen LogP) is 2.60. The van der Waals surface area contributed by atoms with Gasteiger partial charge >= 0.3 is 5.69 Å². The Kier molecular flexibility index (Phi) is 7.31. The number of pyridine rings is 2. The minimum absolute atomic E-state index is 0.00964. The number of aryl methyl sites for hydroxylation is 1. The van der Waals surface area contributed by atoms with Gasteiger partial charge in [0.25, 0.3) is 0 Å². The van der Waals surface area contributed by atoms with E-state index in [2.05, 4.69) is 32.9 Å². The molecule has 0 aliphatic carbocycles. The van der Waals surface area contributed by atoms with Crippen LogP contribution in [-0.2, 0) is 11.3 Å². The second-order valence-corrected chi connectivity index (χ2v) is 10.7. The van der Waals surface area contributed by atoms with E-state index in [9.17, 15) is 14.9 Å². The zero-order valence-electron chi connectivity index (χ0n) is 23.8. The van der Waals surface area contributed by atoms with E-state index in [-0.39, 0.29) is 53.9 Å². The summed E-state index contributed by atoms with van der Waals surface area (Å²) < 4.78 is 25.1. The summed E-state index contributed by atoms with van der Waals surface area (Å²) in [5.41, 5.74) is 0.839. The number of rotatable bonds is 4. The highest BCUT2D eigenvalue weighted by molar-refractivity contribution is 5.91. The fourth-order valence-corrected chi connectivity index (χ4v) is 5.68. The van der Waals surface area contributed by atoms with Crippen LogP contribution >= 0.6 is 0 Å². The molecular formula is C29H29FN10O3. The predicted molar refractivity (Wildman–Crippen MR) is 154 cm³/mol. The molecular weight excluding hydrogens is 555 g/mol. The van der Waals surface area contributed by atoms with Crippen LogP contribution in [0, 0.1) is 17.1 Å². The topological polar surface area (TPSA) is 148 Å². The first-order valence-corrected chi connectivity index (χ1v) is 14.0. The highest BCUT2D eigenvalue weighted by Crippen LogP contribution is 2.35. The van der Waals surface area contributed by atoms with Gasteiger partial charge in [-0.1, -0.05) is 25.6 Å². The Morgan fingerprint density at radius 3 is 2.91 bits per heavy atom. The summed E-state index contributed by atoms with van der Waals surface area (Å²) in [6.07, 6.45) is 4.88. The quantitative estimate of drug-likeness (QED) is 0.328. The first kappa shape index (κ1) is 28.0. The van der Waals surface area contributed by atoms with E-state index < -0.39 is 17.5 Å². The van der Waals surface area contributed by atoms with Gasteiger partial charge in [-0.15, -0.1) is 5.10 Å². The molecule has 14 heteroatoms. The second kappa shape index (κ2) is 11.2. The molecule has 6 rings (SSSR count). The summed E-state index contributed by atoms with van der Waals surface area (Å²) in [6.45, 7) is 8.95. The fraction of sp³-hybridized carbons (Fsp3) is 0.379. The van der Waals surface area contributed by atoms with Crippen LogP contribution < -0.4 is 15.3 Å². The molecule has 6 heterocycles. The summed E-state index contributed by atoms with van der Waals surface area (Å²) in [5, 5.41) is 17.8. The van der Waals surface area contributed by atoms with Crippen molar-refractivity contribution in [2.24, 2.45) is 0 Å². The number of nitriles is 1. The summed E-state index contributed by atoms with van der Waals surface area (Å²) in [5.74, 6) is -0.390. The molecule has 0 spiro atoms. The van der Waals surface area contributed by atoms with Crippen LogP contribution in [0.5, 0.6) is 5.75 Å². The minimum atomic E-state index is -0.655. The number of amides is 1. The molecule has 220 valence electrons. The van der Waals surface area contributed by atoms with Crippen molar-refractivity contribution in [3.63, 3.8) is 0 Å². The summed E-state index contributed by atoms with van der Waals surface area (Å²) >= 11 is 0. The van der Waals surface area contributed by atoms with E-state index in [1.807, 2.05) is 13.8 Å². The average Bonchev–Trinajstić information content (AvgIpc) is 3.46. The molecule has 1 saturated heterocycles. The van der Waals surface area contributed by atoms with Crippen LogP contribution in [0.25, 0.3) is 28.1 Å². The van der Waals surface area contributed by atoms with E-state index >= 15 is 4.39 Å². The Morgan fingerprint density at radius 2 is 2.14 bits per heavy atom. The van der Waals surface area contributed by atoms with Gasteiger partial charge in [0.2, 0.25) is 5.91 Å². The van der Waals surface area contributed by atoms with Crippen molar-refractivity contribution in [1.82, 2.24) is 39.4 Å². The Bertz CT molecular complexity index is 1840. The number of carbonyl (C=O) groups excluding carboxylic acids is 1. The number of piperazine rings is 1. The Hall–Kier alpha value is -5.19. The summed E-state index contributed by atoms with van der Waals surface area (Å²) in [6, 6.07) is 4.64. The molecule has 43 heavy (non-hydrogen) atoms. The van der Waals surface area contributed by atoms with Gasteiger partial charge in [0.05, 0.1) is 42.4 Å². The van der Waals surface area contributed by atoms with Crippen LogP contribution in [0.3, 0.4) is 0 Å². The SMILES string of the molecule is C=CC(=O)N1CCN(c2nc(=O)n3c4nc(c(F)cc24)-c2cnnn2CCCOc2ccnc(C(C)C)c2-3)CC1CC#N. The molecule has 1 fully saturated rings. The van der Waals surface area contributed by atoms with Gasteiger partial charge in [-0.3, -0.25) is 9.78 Å². The van der Waals surface area contributed by atoms with Gasteiger partial charge in [0.15, 0.2) is 11.5 Å². The largest absolute Gasteiger partial charge is 0.491 e. The third-order valence-electron chi connectivity index (χ3n) is 7.69. The highest BCUT2D eigenvalue weighted by Gasteiger charge is 2.33. The van der Waals surface area contributed by atoms with Gasteiger partial charge in [-0.25, -0.2) is 23.4 Å². The first-order chi connectivity index (χ1) is 20.8. The molecule has 1 unspecified atom stereocenters. The molecule has 4 aromatic heterocycles. The number of anilines is 1. The third-order valence-corrected chi connectivity index (χ3v) is 7.69. The van der Waals surface area contributed by atoms with E-state index in [1.165, 1.54) is 22.9 Å². The smallest absolute Gasteiger partial charge is 0.356 e. The highest BCUT2D eigenvalue weighted by atomic mass is 19.1. The summed E-state index contributed by atoms with van der Waals surface area (Å²) in [4.78, 5) is 43.7. The molecule has 0 N–H and O–H groups in total. The fourth-order valence-electron chi connectivity index (χ4n) is 5.68. The van der Waals surface area contributed by atoms with Crippen LogP contribution in [0.15, 0.2) is 42.0 Å². The molecule has 2 aliphatic rings. The van der Waals surface area contributed by atoms with Crippen LogP contribution in [0.1, 0.15) is 38.3 Å². The lowest BCUT2D eigenvalue weighted by Crippen LogP contribution is -2.55. The molecule has 1 atom stereocenters. The lowest BCUT2D eigenvalue weighted by Gasteiger charge is -2.41. The van der Waals surface area contributed by atoms with E-state index in [0.717, 1.165) is 0 Å². The van der Waals surface area contributed by atoms with Crippen molar-refractivity contribution in [2.45, 2.75) is 45.2 Å². The first-order valence-electron chi connectivity index (χ1n) is 14.0. The van der Waals surface area contributed by atoms with Gasteiger partial charge in [0, 0.05) is 44.9 Å². The van der Waals surface area contributed by atoms with Crippen molar-refractivity contribution >= 4 is 22.8 Å². The minimum Gasteiger partial charge on any atom is -0.491 e. The zero-order valence-corrected chi connectivity index (χ0v) is 23.8. The van der Waals surface area contributed by atoms with E-state index in [0.29, 0.717) is 48.9 Å². The Labute approximate surface area is 245 Å². The molecule has 2 bridgehead atoms. The normalized spacial score (nSPS) is 16.6. The van der Waals surface area contributed by atoms with Crippen LogP contribution in [0.2, 0.25) is 0 Å². The van der Waals surface area contributed by atoms with Crippen LogP contribution in [-0.4, -0.2) is 77.6 Å². The molecule has 1 amide bonds. The molecule has 4 aromatic rings. The van der Waals surface area contributed by atoms with Crippen molar-refractivity contribution in [3.05, 3.63) is 59.2 Å². The van der Waals surface area contributed by atoms with Crippen molar-refractivity contribution in [1.29, 1.82) is 5.26 Å². The Morgan fingerprint density at radius 1 is 1.30 bits per heavy atom. The van der Waals surface area contributed by atoms with Gasteiger partial charge < -0.3 is 14.5 Å². The number of hydrogen-bond acceptors (Lipinski definition) is 10. The zero-order chi connectivity index (χ0) is 30.2. The van der Waals surface area contributed by atoms with E-state index in [1.54, 1.807) is 26.7 Å². The maximum Gasteiger partial charge on any atom is 0.356 e. The standard InChI is InChI=1S/C29H29FN10O3/c1-4-23(41)38-12-11-37(16-18(38)6-8-31)27-19-14-20(30)25-21-15-33-36-39(21)10-5-13-43-22-7-9-32-24(17(2)3)26(22)40(28(19)34-25)29(42)35-27/h4,7,9,14-15,17-18H,1,5-6,10-13,16H2,2-3H3. The van der Waals surface area contributed by atoms with Crippen molar-refractivity contribution in [3.8, 4) is 28.9 Å². The van der Waals surface area contributed by atoms with Crippen LogP contribution in [0.4, 0.5) is 10.2 Å². The van der Waals surface area contributed by atoms with Gasteiger partial charge in [-0.2, -0.15) is 10.2 Å². The molecule has 0 saturated carbocycles. The average molecular weight is 585 g/mol. The number of nitrogens with zero attached hydrogens (tertiary/aromatic N) is 10. The number of fused-ring (bicyclic) bond motifs is 5. The van der Waals surface area contributed by atoms with Crippen molar-refractivity contribution in [2.75, 3.05) is 31.1 Å². The van der Waals surface area contributed by atoms with Gasteiger partial charge in [0.1, 0.15) is 28.6 Å². The summed E-state index contributed by atoms with van der Waals surface area (Å²) in [7, 11) is 0. The Balaban J connectivity index is 1.63. The lowest BCUT2D eigenvalue weighted by atomic mass is 10.1.